The molecule has 100 valence electrons. The number of hydrogen-bond donors (Lipinski definition) is 0. The van der Waals surface area contributed by atoms with Crippen molar-refractivity contribution in [3.8, 4) is 0 Å². The Morgan fingerprint density at radius 1 is 1.16 bits per heavy atom. The van der Waals surface area contributed by atoms with E-state index in [1.54, 1.807) is 12.1 Å². The molecular weight excluding hydrogens is 350 g/mol. The molecule has 1 atom stereocenters. The van der Waals surface area contributed by atoms with Crippen LogP contribution in [0.15, 0.2) is 46.9 Å². The molecule has 0 aliphatic carbocycles. The van der Waals surface area contributed by atoms with E-state index in [1.807, 2.05) is 24.3 Å². The number of alkyl halides is 1. The fraction of sp³-hybridized carbons (Fsp3) is 0.200. The van der Waals surface area contributed by atoms with Crippen LogP contribution in [0.5, 0.6) is 0 Å². The third-order valence-electron chi connectivity index (χ3n) is 2.99. The summed E-state index contributed by atoms with van der Waals surface area (Å²) < 4.78 is 14.8. The lowest BCUT2D eigenvalue weighted by atomic mass is 9.93. The van der Waals surface area contributed by atoms with Crippen molar-refractivity contribution in [3.63, 3.8) is 0 Å². The van der Waals surface area contributed by atoms with Gasteiger partial charge in [0.05, 0.1) is 0 Å². The Balaban J connectivity index is 2.24. The lowest BCUT2D eigenvalue weighted by Crippen LogP contribution is -2.06. The molecule has 0 radical (unpaired) electrons. The minimum absolute atomic E-state index is 0.0786. The fourth-order valence-corrected chi connectivity index (χ4v) is 2.84. The molecule has 0 spiro atoms. The SMILES string of the molecule is Fc1cc(Cl)ccc1CC(CCl)c1cccc(Br)c1. The van der Waals surface area contributed by atoms with Crippen molar-refractivity contribution in [2.45, 2.75) is 12.3 Å². The Bertz CT molecular complexity index is 572. The van der Waals surface area contributed by atoms with Crippen molar-refractivity contribution in [1.82, 2.24) is 0 Å². The smallest absolute Gasteiger partial charge is 0.127 e. The van der Waals surface area contributed by atoms with Gasteiger partial charge in [0.1, 0.15) is 5.82 Å². The topological polar surface area (TPSA) is 0 Å². The molecule has 0 fully saturated rings. The third-order valence-corrected chi connectivity index (χ3v) is 4.09. The van der Waals surface area contributed by atoms with Crippen molar-refractivity contribution in [2.24, 2.45) is 0 Å². The summed E-state index contributed by atoms with van der Waals surface area (Å²) in [5.74, 6) is 0.242. The van der Waals surface area contributed by atoms with Crippen LogP contribution in [0.2, 0.25) is 5.02 Å². The first-order valence-electron chi connectivity index (χ1n) is 5.85. The van der Waals surface area contributed by atoms with Crippen LogP contribution in [-0.2, 0) is 6.42 Å². The first-order valence-corrected chi connectivity index (χ1v) is 7.56. The molecule has 4 heteroatoms. The van der Waals surface area contributed by atoms with E-state index in [9.17, 15) is 4.39 Å². The minimum atomic E-state index is -0.280. The number of hydrogen-bond acceptors (Lipinski definition) is 0. The molecule has 19 heavy (non-hydrogen) atoms. The zero-order valence-electron chi connectivity index (χ0n) is 10.0. The second-order valence-electron chi connectivity index (χ2n) is 4.35. The van der Waals surface area contributed by atoms with Crippen LogP contribution in [0, 0.1) is 5.82 Å². The third kappa shape index (κ3) is 3.95. The Labute approximate surface area is 130 Å². The summed E-state index contributed by atoms with van der Waals surface area (Å²) in [6, 6.07) is 12.7. The van der Waals surface area contributed by atoms with Crippen LogP contribution in [-0.4, -0.2) is 5.88 Å². The van der Waals surface area contributed by atoms with Gasteiger partial charge in [-0.2, -0.15) is 0 Å². The molecule has 0 aliphatic rings. The maximum atomic E-state index is 13.8. The zero-order chi connectivity index (χ0) is 13.8. The monoisotopic (exact) mass is 360 g/mol. The van der Waals surface area contributed by atoms with Gasteiger partial charge in [-0.25, -0.2) is 4.39 Å². The van der Waals surface area contributed by atoms with Gasteiger partial charge in [-0.1, -0.05) is 45.7 Å². The van der Waals surface area contributed by atoms with Crippen LogP contribution >= 0.6 is 39.1 Å². The van der Waals surface area contributed by atoms with Crippen LogP contribution in [0.3, 0.4) is 0 Å². The first-order chi connectivity index (χ1) is 9.10. The van der Waals surface area contributed by atoms with Crippen molar-refractivity contribution in [1.29, 1.82) is 0 Å². The normalized spacial score (nSPS) is 12.4. The molecule has 0 amide bonds. The highest BCUT2D eigenvalue weighted by molar-refractivity contribution is 9.10. The fourth-order valence-electron chi connectivity index (χ4n) is 1.97. The van der Waals surface area contributed by atoms with Crippen molar-refractivity contribution in [3.05, 3.63) is 68.9 Å². The van der Waals surface area contributed by atoms with Gasteiger partial charge in [0.2, 0.25) is 0 Å². The van der Waals surface area contributed by atoms with Crippen LogP contribution in [0.1, 0.15) is 17.0 Å². The highest BCUT2D eigenvalue weighted by Crippen LogP contribution is 2.26. The minimum Gasteiger partial charge on any atom is -0.207 e. The van der Waals surface area contributed by atoms with Crippen molar-refractivity contribution < 1.29 is 4.39 Å². The molecule has 0 heterocycles. The number of halogens is 4. The molecule has 0 saturated carbocycles. The van der Waals surface area contributed by atoms with Gasteiger partial charge >= 0.3 is 0 Å². The van der Waals surface area contributed by atoms with Gasteiger partial charge in [0.15, 0.2) is 0 Å². The second kappa shape index (κ2) is 6.74. The summed E-state index contributed by atoms with van der Waals surface area (Å²) in [4.78, 5) is 0. The molecule has 2 aromatic rings. The van der Waals surface area contributed by atoms with E-state index in [-0.39, 0.29) is 11.7 Å². The average molecular weight is 362 g/mol. The summed E-state index contributed by atoms with van der Waals surface area (Å²) in [5, 5.41) is 0.408. The van der Waals surface area contributed by atoms with Gasteiger partial charge in [0.25, 0.3) is 0 Å². The molecule has 2 rings (SSSR count). The summed E-state index contributed by atoms with van der Waals surface area (Å²) in [6.45, 7) is 0. The van der Waals surface area contributed by atoms with Gasteiger partial charge < -0.3 is 0 Å². The number of benzene rings is 2. The predicted octanol–water partition coefficient (Wildman–Crippen LogP) is 5.81. The van der Waals surface area contributed by atoms with Crippen LogP contribution in [0.4, 0.5) is 4.39 Å². The maximum absolute atomic E-state index is 13.8. The predicted molar refractivity (Wildman–Crippen MR) is 82.7 cm³/mol. The Morgan fingerprint density at radius 2 is 1.95 bits per heavy atom. The number of rotatable bonds is 4. The molecular formula is C15H12BrCl2F. The van der Waals surface area contributed by atoms with Crippen molar-refractivity contribution >= 4 is 39.1 Å². The standard InChI is InChI=1S/C15H12BrCl2F/c16-13-3-1-2-10(7-13)12(9-17)6-11-4-5-14(18)8-15(11)19/h1-5,7-8,12H,6,9H2. The van der Waals surface area contributed by atoms with E-state index in [2.05, 4.69) is 15.9 Å². The zero-order valence-corrected chi connectivity index (χ0v) is 13.1. The maximum Gasteiger partial charge on any atom is 0.127 e. The summed E-state index contributed by atoms with van der Waals surface area (Å²) in [5.41, 5.74) is 1.73. The van der Waals surface area contributed by atoms with E-state index in [1.165, 1.54) is 6.07 Å². The lowest BCUT2D eigenvalue weighted by molar-refractivity contribution is 0.598. The van der Waals surface area contributed by atoms with E-state index < -0.39 is 0 Å². The van der Waals surface area contributed by atoms with Gasteiger partial charge in [-0.15, -0.1) is 11.6 Å². The molecule has 0 aromatic heterocycles. The van der Waals surface area contributed by atoms with Gasteiger partial charge in [-0.3, -0.25) is 0 Å². The van der Waals surface area contributed by atoms with Crippen molar-refractivity contribution in [2.75, 3.05) is 5.88 Å². The van der Waals surface area contributed by atoms with E-state index in [4.69, 9.17) is 23.2 Å². The first kappa shape index (κ1) is 14.8. The van der Waals surface area contributed by atoms with E-state index >= 15 is 0 Å². The Morgan fingerprint density at radius 3 is 2.58 bits per heavy atom. The largest absolute Gasteiger partial charge is 0.207 e. The molecule has 0 saturated heterocycles. The Hall–Kier alpha value is -0.570. The molecule has 0 N–H and O–H groups in total. The summed E-state index contributed by atoms with van der Waals surface area (Å²) in [7, 11) is 0. The summed E-state index contributed by atoms with van der Waals surface area (Å²) in [6.07, 6.45) is 0.558. The van der Waals surface area contributed by atoms with Gasteiger partial charge in [-0.05, 0) is 41.8 Å². The van der Waals surface area contributed by atoms with Crippen LogP contribution < -0.4 is 0 Å². The molecule has 0 nitrogen and oxygen atoms in total. The van der Waals surface area contributed by atoms with E-state index in [0.717, 1.165) is 10.0 Å². The van der Waals surface area contributed by atoms with E-state index in [0.29, 0.717) is 22.9 Å². The van der Waals surface area contributed by atoms with Crippen LogP contribution in [0.25, 0.3) is 0 Å². The highest BCUT2D eigenvalue weighted by atomic mass is 79.9. The van der Waals surface area contributed by atoms with Gasteiger partial charge in [0, 0.05) is 21.3 Å². The molecule has 0 aliphatic heterocycles. The average Bonchev–Trinajstić information content (AvgIpc) is 2.38. The summed E-state index contributed by atoms with van der Waals surface area (Å²) >= 11 is 15.2. The second-order valence-corrected chi connectivity index (χ2v) is 6.01. The molecule has 1 unspecified atom stereocenters. The molecule has 0 bridgehead atoms. The lowest BCUT2D eigenvalue weighted by Gasteiger charge is -2.15. The quantitative estimate of drug-likeness (QED) is 0.603. The Kier molecular flexibility index (Phi) is 5.26. The molecule has 2 aromatic carbocycles. The highest BCUT2D eigenvalue weighted by Gasteiger charge is 2.14.